The molecular weight excluding hydrogens is 316 g/mol. The fourth-order valence-corrected chi connectivity index (χ4v) is 2.26. The second-order valence-corrected chi connectivity index (χ2v) is 6.69. The van der Waals surface area contributed by atoms with Crippen molar-refractivity contribution in [3.63, 3.8) is 0 Å². The van der Waals surface area contributed by atoms with Crippen molar-refractivity contribution in [1.82, 2.24) is 15.0 Å². The molecule has 0 aromatic carbocycles. The van der Waals surface area contributed by atoms with E-state index in [9.17, 15) is 4.79 Å². The monoisotopic (exact) mass is 344 g/mol. The second kappa shape index (κ2) is 9.23. The molecule has 1 amide bonds. The van der Waals surface area contributed by atoms with E-state index in [4.69, 9.17) is 10.3 Å². The molecule has 0 radical (unpaired) electrons. The molecule has 1 heterocycles. The van der Waals surface area contributed by atoms with E-state index in [2.05, 4.69) is 24.0 Å². The summed E-state index contributed by atoms with van der Waals surface area (Å²) in [6.07, 6.45) is 5.10. The summed E-state index contributed by atoms with van der Waals surface area (Å²) in [5, 5.41) is 3.98. The highest BCUT2D eigenvalue weighted by Crippen LogP contribution is 2.38. The molecular formula is C16H29ClN4O2. The molecule has 2 rings (SSSR count). The van der Waals surface area contributed by atoms with E-state index < -0.39 is 0 Å². The quantitative estimate of drug-likeness (QED) is 0.744. The largest absolute Gasteiger partial charge is 0.346 e. The van der Waals surface area contributed by atoms with Gasteiger partial charge in [0.05, 0.1) is 0 Å². The van der Waals surface area contributed by atoms with Gasteiger partial charge in [-0.05, 0) is 31.6 Å². The second-order valence-electron chi connectivity index (χ2n) is 6.69. The SMILES string of the molecule is CC(C)C(N)CCN(C)C(=O)CCCc1nc(C2CC2)no1.Cl. The third-order valence-corrected chi connectivity index (χ3v) is 4.29. The number of carbonyl (C=O) groups excluding carboxylic acids is 1. The topological polar surface area (TPSA) is 85.2 Å². The molecule has 23 heavy (non-hydrogen) atoms. The molecule has 2 N–H and O–H groups in total. The highest BCUT2D eigenvalue weighted by Gasteiger charge is 2.28. The molecule has 1 fully saturated rings. The fraction of sp³-hybridized carbons (Fsp3) is 0.812. The predicted molar refractivity (Wildman–Crippen MR) is 91.5 cm³/mol. The van der Waals surface area contributed by atoms with Crippen LogP contribution in [-0.2, 0) is 11.2 Å². The Balaban J connectivity index is 0.00000264. The van der Waals surface area contributed by atoms with Crippen molar-refractivity contribution in [2.24, 2.45) is 11.7 Å². The van der Waals surface area contributed by atoms with Gasteiger partial charge in [-0.2, -0.15) is 4.98 Å². The number of carbonyl (C=O) groups is 1. The van der Waals surface area contributed by atoms with Crippen molar-refractivity contribution in [2.75, 3.05) is 13.6 Å². The Hall–Kier alpha value is -1.14. The van der Waals surface area contributed by atoms with E-state index in [1.54, 1.807) is 4.90 Å². The first-order chi connectivity index (χ1) is 10.5. The van der Waals surface area contributed by atoms with Crippen LogP contribution >= 0.6 is 12.4 Å². The van der Waals surface area contributed by atoms with E-state index in [0.717, 1.165) is 18.7 Å². The van der Waals surface area contributed by atoms with Crippen LogP contribution in [0.5, 0.6) is 0 Å². The van der Waals surface area contributed by atoms with Crippen LogP contribution in [0.25, 0.3) is 0 Å². The first kappa shape index (κ1) is 19.9. The molecule has 7 heteroatoms. The van der Waals surface area contributed by atoms with E-state index in [1.165, 1.54) is 12.8 Å². The van der Waals surface area contributed by atoms with Gasteiger partial charge >= 0.3 is 0 Å². The molecule has 1 atom stereocenters. The van der Waals surface area contributed by atoms with E-state index >= 15 is 0 Å². The molecule has 1 aliphatic rings. The molecule has 1 aromatic rings. The molecule has 1 aromatic heterocycles. The van der Waals surface area contributed by atoms with E-state index in [1.807, 2.05) is 7.05 Å². The standard InChI is InChI=1S/C16H28N4O2.ClH/c1-11(2)13(17)9-10-20(3)15(21)6-4-5-14-18-16(19-22-14)12-7-8-12;/h11-13H,4-10,17H2,1-3H3;1H. The number of aryl methyl sites for hydroxylation is 1. The molecule has 1 saturated carbocycles. The van der Waals surface area contributed by atoms with Gasteiger partial charge in [-0.1, -0.05) is 19.0 Å². The minimum absolute atomic E-state index is 0. The lowest BCUT2D eigenvalue weighted by Gasteiger charge is -2.21. The molecule has 1 aliphatic carbocycles. The molecule has 0 aliphatic heterocycles. The molecule has 0 saturated heterocycles. The van der Waals surface area contributed by atoms with Crippen LogP contribution in [0, 0.1) is 5.92 Å². The van der Waals surface area contributed by atoms with Crippen LogP contribution in [0.1, 0.15) is 63.6 Å². The number of hydrogen-bond acceptors (Lipinski definition) is 5. The van der Waals surface area contributed by atoms with Crippen LogP contribution in [0.4, 0.5) is 0 Å². The number of nitrogens with two attached hydrogens (primary N) is 1. The first-order valence-corrected chi connectivity index (χ1v) is 8.29. The Kier molecular flexibility index (Phi) is 7.99. The highest BCUT2D eigenvalue weighted by atomic mass is 35.5. The van der Waals surface area contributed by atoms with E-state index in [-0.39, 0.29) is 24.4 Å². The third-order valence-electron chi connectivity index (χ3n) is 4.29. The number of halogens is 1. The van der Waals surface area contributed by atoms with Gasteiger partial charge in [0.25, 0.3) is 0 Å². The summed E-state index contributed by atoms with van der Waals surface area (Å²) < 4.78 is 5.21. The van der Waals surface area contributed by atoms with Crippen molar-refractivity contribution in [1.29, 1.82) is 0 Å². The smallest absolute Gasteiger partial charge is 0.226 e. The van der Waals surface area contributed by atoms with Gasteiger partial charge in [-0.15, -0.1) is 12.4 Å². The minimum atomic E-state index is 0. The van der Waals surface area contributed by atoms with Crippen molar-refractivity contribution in [3.8, 4) is 0 Å². The van der Waals surface area contributed by atoms with Gasteiger partial charge in [0, 0.05) is 38.4 Å². The summed E-state index contributed by atoms with van der Waals surface area (Å²) in [6.45, 7) is 4.92. The fourth-order valence-electron chi connectivity index (χ4n) is 2.26. The number of amides is 1. The van der Waals surface area contributed by atoms with Crippen molar-refractivity contribution < 1.29 is 9.32 Å². The molecule has 0 spiro atoms. The molecule has 132 valence electrons. The Bertz CT molecular complexity index is 488. The Morgan fingerprint density at radius 2 is 2.13 bits per heavy atom. The maximum absolute atomic E-state index is 12.1. The first-order valence-electron chi connectivity index (χ1n) is 8.29. The van der Waals surface area contributed by atoms with Gasteiger partial charge in [0.1, 0.15) is 0 Å². The van der Waals surface area contributed by atoms with Crippen LogP contribution in [0.15, 0.2) is 4.52 Å². The normalized spacial score (nSPS) is 15.3. The third kappa shape index (κ3) is 6.47. The summed E-state index contributed by atoms with van der Waals surface area (Å²) in [6, 6.07) is 0.148. The summed E-state index contributed by atoms with van der Waals surface area (Å²) in [4.78, 5) is 18.2. The maximum atomic E-state index is 12.1. The summed E-state index contributed by atoms with van der Waals surface area (Å²) in [7, 11) is 1.84. The average Bonchev–Trinajstić information content (AvgIpc) is 3.23. The zero-order valence-electron chi connectivity index (χ0n) is 14.3. The zero-order chi connectivity index (χ0) is 16.1. The van der Waals surface area contributed by atoms with Crippen molar-refractivity contribution >= 4 is 18.3 Å². The molecule has 0 bridgehead atoms. The van der Waals surface area contributed by atoms with Gasteiger partial charge in [0.15, 0.2) is 5.82 Å². The summed E-state index contributed by atoms with van der Waals surface area (Å²) in [5.41, 5.74) is 6.01. The lowest BCUT2D eigenvalue weighted by Crippen LogP contribution is -2.34. The lowest BCUT2D eigenvalue weighted by atomic mass is 10.0. The van der Waals surface area contributed by atoms with Crippen LogP contribution in [-0.4, -0.2) is 40.6 Å². The summed E-state index contributed by atoms with van der Waals surface area (Å²) in [5.74, 6) is 2.59. The highest BCUT2D eigenvalue weighted by molar-refractivity contribution is 5.85. The number of aromatic nitrogens is 2. The van der Waals surface area contributed by atoms with Crippen LogP contribution in [0.3, 0.4) is 0 Å². The Labute approximate surface area is 144 Å². The number of nitrogens with zero attached hydrogens (tertiary/aromatic N) is 3. The predicted octanol–water partition coefficient (Wildman–Crippen LogP) is 2.52. The maximum Gasteiger partial charge on any atom is 0.226 e. The molecule has 1 unspecified atom stereocenters. The van der Waals surface area contributed by atoms with Gasteiger partial charge in [-0.3, -0.25) is 4.79 Å². The lowest BCUT2D eigenvalue weighted by molar-refractivity contribution is -0.130. The van der Waals surface area contributed by atoms with Crippen LogP contribution < -0.4 is 5.73 Å². The van der Waals surface area contributed by atoms with Crippen molar-refractivity contribution in [2.45, 2.75) is 64.3 Å². The van der Waals surface area contributed by atoms with Crippen molar-refractivity contribution in [3.05, 3.63) is 11.7 Å². The van der Waals surface area contributed by atoms with Gasteiger partial charge in [-0.25, -0.2) is 0 Å². The average molecular weight is 345 g/mol. The minimum Gasteiger partial charge on any atom is -0.346 e. The zero-order valence-corrected chi connectivity index (χ0v) is 15.1. The van der Waals surface area contributed by atoms with Crippen LogP contribution in [0.2, 0.25) is 0 Å². The number of hydrogen-bond donors (Lipinski definition) is 1. The molecule has 6 nitrogen and oxygen atoms in total. The van der Waals surface area contributed by atoms with Gasteiger partial charge in [0.2, 0.25) is 11.8 Å². The van der Waals surface area contributed by atoms with E-state index in [0.29, 0.717) is 37.1 Å². The number of rotatable bonds is 9. The van der Waals surface area contributed by atoms with Gasteiger partial charge < -0.3 is 15.2 Å². The Morgan fingerprint density at radius 3 is 2.74 bits per heavy atom. The Morgan fingerprint density at radius 1 is 1.43 bits per heavy atom. The summed E-state index contributed by atoms with van der Waals surface area (Å²) >= 11 is 0.